The van der Waals surface area contributed by atoms with Gasteiger partial charge < -0.3 is 9.13 Å². The number of pyridine rings is 2. The van der Waals surface area contributed by atoms with Gasteiger partial charge in [-0.05, 0) is 60.8 Å². The number of nitrogens with zero attached hydrogens (tertiary/aromatic N) is 4. The molecule has 2 aromatic heterocycles. The molecule has 4 heterocycles. The zero-order valence-corrected chi connectivity index (χ0v) is 22.0. The van der Waals surface area contributed by atoms with Crippen LogP contribution in [-0.2, 0) is 33.3 Å². The molecule has 2 saturated carbocycles. The molecule has 204 valence electrons. The van der Waals surface area contributed by atoms with Gasteiger partial charge in [0.05, 0.1) is 23.7 Å². The SMILES string of the molecule is Cn1cccc(N2C(=O)[C@@H]3[C@H](C2=O)[C@@H]2C=C[C@H]3C2)c1=O.Cn1cccc(N2C(=O)[C@@H]3[C@H](C2=O)[C@@H]2C=C[C@H]3C2)c1=O. The smallest absolute Gasteiger partial charge is 0.274 e. The molecule has 10 heteroatoms. The van der Waals surface area contributed by atoms with Gasteiger partial charge in [0.1, 0.15) is 11.4 Å². The molecule has 6 aliphatic rings. The lowest BCUT2D eigenvalue weighted by Crippen LogP contribution is -2.37. The van der Waals surface area contributed by atoms with E-state index in [2.05, 4.69) is 0 Å². The van der Waals surface area contributed by atoms with Gasteiger partial charge in [0, 0.05) is 26.5 Å². The molecule has 0 radical (unpaired) electrons. The summed E-state index contributed by atoms with van der Waals surface area (Å²) in [6, 6.07) is 6.46. The van der Waals surface area contributed by atoms with Crippen LogP contribution in [0.25, 0.3) is 0 Å². The normalized spacial score (nSPS) is 34.1. The minimum Gasteiger partial charge on any atom is -0.317 e. The second-order valence-corrected chi connectivity index (χ2v) is 11.6. The molecule has 8 rings (SSSR count). The van der Waals surface area contributed by atoms with E-state index in [1.807, 2.05) is 24.3 Å². The van der Waals surface area contributed by atoms with E-state index in [9.17, 15) is 28.8 Å². The molecule has 4 bridgehead atoms. The number of fused-ring (bicyclic) bond motifs is 10. The standard InChI is InChI=1S/2C15H14N2O3/c2*1-16-6-2-3-10(13(16)18)17-14(19)11-8-4-5-9(7-8)12(11)15(17)20/h2*2-6,8-9,11-12H,7H2,1H3/t2*8-,9+,11-,12+. The first-order chi connectivity index (χ1) is 19.2. The molecule has 4 amide bonds. The van der Waals surface area contributed by atoms with Crippen molar-refractivity contribution in [2.45, 2.75) is 12.8 Å². The fourth-order valence-electron chi connectivity index (χ4n) is 7.79. The molecule has 0 aromatic carbocycles. The van der Waals surface area contributed by atoms with E-state index in [1.54, 1.807) is 50.8 Å². The molecule has 2 aliphatic heterocycles. The lowest BCUT2D eigenvalue weighted by Gasteiger charge is -2.16. The second kappa shape index (κ2) is 8.58. The van der Waals surface area contributed by atoms with Gasteiger partial charge in [-0.15, -0.1) is 0 Å². The first-order valence-corrected chi connectivity index (χ1v) is 13.6. The third kappa shape index (κ3) is 3.22. The maximum atomic E-state index is 12.6. The minimum atomic E-state index is -0.311. The molecule has 4 aliphatic carbocycles. The monoisotopic (exact) mass is 540 g/mol. The number of carbonyl (C=O) groups is 4. The highest BCUT2D eigenvalue weighted by Gasteiger charge is 2.61. The molecule has 2 saturated heterocycles. The number of aryl methyl sites for hydroxylation is 2. The fourth-order valence-corrected chi connectivity index (χ4v) is 7.79. The maximum absolute atomic E-state index is 12.6. The van der Waals surface area contributed by atoms with Crippen molar-refractivity contribution < 1.29 is 19.2 Å². The quantitative estimate of drug-likeness (QED) is 0.420. The summed E-state index contributed by atoms with van der Waals surface area (Å²) in [7, 11) is 3.23. The first-order valence-electron chi connectivity index (χ1n) is 13.6. The van der Waals surface area contributed by atoms with Crippen molar-refractivity contribution in [1.82, 2.24) is 9.13 Å². The average Bonchev–Trinajstić information content (AvgIpc) is 3.78. The van der Waals surface area contributed by atoms with Crippen LogP contribution in [-0.4, -0.2) is 32.8 Å². The number of carbonyl (C=O) groups excluding carboxylic acids is 4. The predicted octanol–water partition coefficient (Wildman–Crippen LogP) is 1.39. The molecular weight excluding hydrogens is 512 g/mol. The second-order valence-electron chi connectivity index (χ2n) is 11.6. The van der Waals surface area contributed by atoms with E-state index in [1.165, 1.54) is 9.13 Å². The van der Waals surface area contributed by atoms with Crippen molar-refractivity contribution in [1.29, 1.82) is 0 Å². The maximum Gasteiger partial charge on any atom is 0.274 e. The van der Waals surface area contributed by atoms with E-state index < -0.39 is 0 Å². The number of hydrogen-bond donors (Lipinski definition) is 0. The summed E-state index contributed by atoms with van der Waals surface area (Å²) in [5.74, 6) is -1.22. The lowest BCUT2D eigenvalue weighted by molar-refractivity contribution is -0.124. The Bertz CT molecular complexity index is 1500. The molecule has 40 heavy (non-hydrogen) atoms. The Balaban J connectivity index is 0.000000132. The van der Waals surface area contributed by atoms with E-state index in [0.29, 0.717) is 0 Å². The zero-order valence-electron chi connectivity index (χ0n) is 22.0. The highest BCUT2D eigenvalue weighted by molar-refractivity contribution is 6.23. The van der Waals surface area contributed by atoms with Crippen molar-refractivity contribution >= 4 is 35.0 Å². The van der Waals surface area contributed by atoms with Crippen LogP contribution >= 0.6 is 0 Å². The van der Waals surface area contributed by atoms with Crippen molar-refractivity contribution in [3.63, 3.8) is 0 Å². The Hall–Kier alpha value is -4.34. The van der Waals surface area contributed by atoms with E-state index in [0.717, 1.165) is 22.6 Å². The molecule has 0 spiro atoms. The van der Waals surface area contributed by atoms with Crippen LogP contribution in [0.1, 0.15) is 12.8 Å². The number of rotatable bonds is 2. The van der Waals surface area contributed by atoms with Crippen LogP contribution < -0.4 is 20.9 Å². The molecular formula is C30H28N4O6. The number of allylic oxidation sites excluding steroid dienone is 4. The van der Waals surface area contributed by atoms with Gasteiger partial charge in [-0.3, -0.25) is 28.8 Å². The van der Waals surface area contributed by atoms with Gasteiger partial charge in [0.2, 0.25) is 23.6 Å². The number of hydrogen-bond acceptors (Lipinski definition) is 6. The van der Waals surface area contributed by atoms with Gasteiger partial charge in [-0.25, -0.2) is 9.80 Å². The molecule has 0 unspecified atom stereocenters. The Morgan fingerprint density at radius 3 is 1.12 bits per heavy atom. The molecule has 2 aromatic rings. The summed E-state index contributed by atoms with van der Waals surface area (Å²) < 4.78 is 2.77. The average molecular weight is 541 g/mol. The van der Waals surface area contributed by atoms with Crippen LogP contribution in [0, 0.1) is 47.3 Å². The van der Waals surface area contributed by atoms with Gasteiger partial charge in [0.25, 0.3) is 11.1 Å². The third-order valence-electron chi connectivity index (χ3n) is 9.63. The number of amides is 4. The number of anilines is 2. The summed E-state index contributed by atoms with van der Waals surface area (Å²) in [4.78, 5) is 76.8. The van der Waals surface area contributed by atoms with Crippen LogP contribution in [0.2, 0.25) is 0 Å². The molecule has 4 fully saturated rings. The van der Waals surface area contributed by atoms with Gasteiger partial charge in [-0.1, -0.05) is 24.3 Å². The summed E-state index contributed by atoms with van der Waals surface area (Å²) in [5, 5.41) is 0. The Morgan fingerprint density at radius 2 is 0.825 bits per heavy atom. The van der Waals surface area contributed by atoms with Crippen molar-refractivity contribution in [2.24, 2.45) is 61.4 Å². The van der Waals surface area contributed by atoms with Crippen LogP contribution in [0.15, 0.2) is 70.6 Å². The summed E-state index contributed by atoms with van der Waals surface area (Å²) in [6.45, 7) is 0. The topological polar surface area (TPSA) is 119 Å². The summed E-state index contributed by atoms with van der Waals surface area (Å²) in [6.07, 6.45) is 13.2. The third-order valence-corrected chi connectivity index (χ3v) is 9.63. The highest BCUT2D eigenvalue weighted by atomic mass is 16.2. The zero-order chi connectivity index (χ0) is 28.0. The van der Waals surface area contributed by atoms with Crippen LogP contribution in [0.4, 0.5) is 11.4 Å². The number of aromatic nitrogens is 2. The van der Waals surface area contributed by atoms with Crippen molar-refractivity contribution in [3.05, 3.63) is 81.7 Å². The van der Waals surface area contributed by atoms with E-state index >= 15 is 0 Å². The van der Waals surface area contributed by atoms with Crippen molar-refractivity contribution in [2.75, 3.05) is 9.80 Å². The number of imide groups is 2. The van der Waals surface area contributed by atoms with Crippen LogP contribution in [0.3, 0.4) is 0 Å². The van der Waals surface area contributed by atoms with E-state index in [-0.39, 0.29) is 93.5 Å². The molecule has 10 nitrogen and oxygen atoms in total. The van der Waals surface area contributed by atoms with Gasteiger partial charge >= 0.3 is 0 Å². The van der Waals surface area contributed by atoms with Gasteiger partial charge in [0.15, 0.2) is 0 Å². The predicted molar refractivity (Wildman–Crippen MR) is 144 cm³/mol. The summed E-state index contributed by atoms with van der Waals surface area (Å²) in [5.41, 5.74) is -0.262. The highest BCUT2D eigenvalue weighted by Crippen LogP contribution is 2.54. The first kappa shape index (κ1) is 24.7. The Labute approximate surface area is 229 Å². The van der Waals surface area contributed by atoms with Crippen LogP contribution in [0.5, 0.6) is 0 Å². The Morgan fingerprint density at radius 1 is 0.525 bits per heavy atom. The van der Waals surface area contributed by atoms with E-state index in [4.69, 9.17) is 0 Å². The Kier molecular flexibility index (Phi) is 5.29. The fraction of sp³-hybridized carbons (Fsp3) is 0.400. The largest absolute Gasteiger partial charge is 0.317 e. The van der Waals surface area contributed by atoms with Gasteiger partial charge in [-0.2, -0.15) is 0 Å². The summed E-state index contributed by atoms with van der Waals surface area (Å²) >= 11 is 0. The molecule has 8 atom stereocenters. The minimum absolute atomic E-state index is 0.166. The van der Waals surface area contributed by atoms with Crippen molar-refractivity contribution in [3.8, 4) is 0 Å². The molecule has 0 N–H and O–H groups in total. The lowest BCUT2D eigenvalue weighted by atomic mass is 9.85.